The maximum absolute atomic E-state index is 11.8. The van der Waals surface area contributed by atoms with E-state index in [4.69, 9.17) is 0 Å². The summed E-state index contributed by atoms with van der Waals surface area (Å²) in [7, 11) is -3.70. The van der Waals surface area contributed by atoms with E-state index in [0.717, 1.165) is 17.4 Å². The average molecular weight is 348 g/mol. The Morgan fingerprint density at radius 3 is 2.42 bits per heavy atom. The second-order valence-electron chi connectivity index (χ2n) is 5.87. The van der Waals surface area contributed by atoms with Gasteiger partial charge in [0.05, 0.1) is 4.92 Å². The number of anilines is 1. The molecule has 1 N–H and O–H groups in total. The number of benzene rings is 2. The third kappa shape index (κ3) is 3.73. The van der Waals surface area contributed by atoms with Gasteiger partial charge in [-0.25, -0.2) is 8.42 Å². The quantitative estimate of drug-likeness (QED) is 0.656. The fourth-order valence-electron chi connectivity index (χ4n) is 2.62. The molecule has 6 nitrogen and oxygen atoms in total. The van der Waals surface area contributed by atoms with Gasteiger partial charge in [-0.3, -0.25) is 10.1 Å². The summed E-state index contributed by atoms with van der Waals surface area (Å²) in [5.41, 5.74) is 3.52. The summed E-state index contributed by atoms with van der Waals surface area (Å²) >= 11 is 0. The molecule has 0 aliphatic carbocycles. The third-order valence-corrected chi connectivity index (χ3v) is 5.18. The van der Waals surface area contributed by atoms with E-state index in [1.54, 1.807) is 0 Å². The van der Waals surface area contributed by atoms with Crippen LogP contribution in [0.5, 0.6) is 0 Å². The molecule has 2 aromatic rings. The van der Waals surface area contributed by atoms with Crippen LogP contribution < -0.4 is 5.32 Å². The van der Waals surface area contributed by atoms with Gasteiger partial charge in [0.15, 0.2) is 9.84 Å². The molecule has 1 atom stereocenters. The molecule has 0 bridgehead atoms. The predicted octanol–water partition coefficient (Wildman–Crippen LogP) is 3.79. The van der Waals surface area contributed by atoms with Gasteiger partial charge < -0.3 is 5.32 Å². The van der Waals surface area contributed by atoms with Crippen LogP contribution in [0.25, 0.3) is 0 Å². The van der Waals surface area contributed by atoms with Gasteiger partial charge >= 0.3 is 0 Å². The van der Waals surface area contributed by atoms with E-state index in [0.29, 0.717) is 5.69 Å². The first kappa shape index (κ1) is 17.9. The van der Waals surface area contributed by atoms with Crippen molar-refractivity contribution in [1.82, 2.24) is 0 Å². The molecule has 0 fully saturated rings. The van der Waals surface area contributed by atoms with Crippen molar-refractivity contribution < 1.29 is 13.3 Å². The lowest BCUT2D eigenvalue weighted by Gasteiger charge is -2.19. The lowest BCUT2D eigenvalue weighted by atomic mass is 9.98. The Balaban J connectivity index is 2.40. The lowest BCUT2D eigenvalue weighted by molar-refractivity contribution is -0.387. The molecule has 7 heteroatoms. The summed E-state index contributed by atoms with van der Waals surface area (Å²) in [5.74, 6) is 0. The van der Waals surface area contributed by atoms with Gasteiger partial charge in [-0.2, -0.15) is 0 Å². The van der Waals surface area contributed by atoms with Crippen LogP contribution >= 0.6 is 0 Å². The van der Waals surface area contributed by atoms with Crippen molar-refractivity contribution in [3.05, 3.63) is 63.2 Å². The van der Waals surface area contributed by atoms with E-state index in [1.807, 2.05) is 39.0 Å². The zero-order valence-electron chi connectivity index (χ0n) is 14.0. The minimum Gasteiger partial charge on any atom is -0.378 e. The van der Waals surface area contributed by atoms with Crippen molar-refractivity contribution in [2.45, 2.75) is 31.7 Å². The summed E-state index contributed by atoms with van der Waals surface area (Å²) in [6, 6.07) is 9.98. The first-order chi connectivity index (χ1) is 11.1. The number of nitro benzene ring substituents is 1. The number of nitrogens with zero attached hydrogens (tertiary/aromatic N) is 1. The van der Waals surface area contributed by atoms with Crippen LogP contribution in [-0.2, 0) is 9.84 Å². The Hall–Kier alpha value is -2.41. The molecular formula is C17H20N2O4S. The Kier molecular flexibility index (Phi) is 4.94. The summed E-state index contributed by atoms with van der Waals surface area (Å²) < 4.78 is 23.7. The van der Waals surface area contributed by atoms with Crippen molar-refractivity contribution in [2.24, 2.45) is 0 Å². The summed E-state index contributed by atoms with van der Waals surface area (Å²) in [6.07, 6.45) is 0.966. The second-order valence-corrected chi connectivity index (χ2v) is 7.85. The van der Waals surface area contributed by atoms with Crippen molar-refractivity contribution in [1.29, 1.82) is 0 Å². The van der Waals surface area contributed by atoms with Gasteiger partial charge in [-0.05, 0) is 49.6 Å². The van der Waals surface area contributed by atoms with Crippen LogP contribution in [0.3, 0.4) is 0 Å². The smallest absolute Gasteiger partial charge is 0.288 e. The second kappa shape index (κ2) is 6.60. The van der Waals surface area contributed by atoms with Crippen LogP contribution in [0.15, 0.2) is 41.3 Å². The molecule has 0 saturated carbocycles. The Morgan fingerprint density at radius 1 is 1.17 bits per heavy atom. The maximum Gasteiger partial charge on any atom is 0.288 e. The van der Waals surface area contributed by atoms with Gasteiger partial charge in [0, 0.05) is 24.1 Å². The molecule has 128 valence electrons. The van der Waals surface area contributed by atoms with E-state index in [2.05, 4.69) is 5.32 Å². The summed E-state index contributed by atoms with van der Waals surface area (Å²) in [5, 5.41) is 14.2. The topological polar surface area (TPSA) is 89.3 Å². The molecule has 0 aliphatic rings. The van der Waals surface area contributed by atoms with Crippen molar-refractivity contribution in [3.63, 3.8) is 0 Å². The number of nitrogens with one attached hydrogen (secondary N) is 1. The molecule has 0 radical (unpaired) electrons. The van der Waals surface area contributed by atoms with Crippen molar-refractivity contribution >= 4 is 21.2 Å². The number of hydrogen-bond acceptors (Lipinski definition) is 5. The Labute approximate surface area is 141 Å². The molecule has 2 aromatic carbocycles. The number of sulfone groups is 1. The fraction of sp³-hybridized carbons (Fsp3) is 0.294. The van der Waals surface area contributed by atoms with Gasteiger partial charge in [-0.15, -0.1) is 0 Å². The van der Waals surface area contributed by atoms with E-state index in [1.165, 1.54) is 23.8 Å². The van der Waals surface area contributed by atoms with E-state index in [9.17, 15) is 18.5 Å². The van der Waals surface area contributed by atoms with Gasteiger partial charge in [0.25, 0.3) is 5.69 Å². The molecule has 2 rings (SSSR count). The van der Waals surface area contributed by atoms with E-state index < -0.39 is 20.4 Å². The Bertz CT molecular complexity index is 891. The minimum atomic E-state index is -3.70. The molecule has 0 saturated heterocycles. The van der Waals surface area contributed by atoms with E-state index in [-0.39, 0.29) is 10.9 Å². The van der Waals surface area contributed by atoms with Gasteiger partial charge in [0.2, 0.25) is 0 Å². The van der Waals surface area contributed by atoms with Gasteiger partial charge in [-0.1, -0.05) is 18.2 Å². The van der Waals surface area contributed by atoms with Crippen molar-refractivity contribution in [2.75, 3.05) is 11.6 Å². The molecule has 24 heavy (non-hydrogen) atoms. The highest BCUT2D eigenvalue weighted by Crippen LogP contribution is 2.30. The molecule has 0 amide bonds. The summed E-state index contributed by atoms with van der Waals surface area (Å²) in [6.45, 7) is 6.02. The standard InChI is InChI=1S/C17H20N2O4S/c1-11-6-5-7-15(12(11)2)13(3)18-14-8-9-16(19(20)21)17(10-14)24(4,22)23/h5-10,13,18H,1-4H3. The molecular weight excluding hydrogens is 328 g/mol. The van der Waals surface area contributed by atoms with Gasteiger partial charge in [0.1, 0.15) is 4.90 Å². The summed E-state index contributed by atoms with van der Waals surface area (Å²) in [4.78, 5) is 10.1. The van der Waals surface area contributed by atoms with Crippen LogP contribution in [-0.4, -0.2) is 19.6 Å². The maximum atomic E-state index is 11.8. The molecule has 0 spiro atoms. The first-order valence-electron chi connectivity index (χ1n) is 7.42. The highest BCUT2D eigenvalue weighted by atomic mass is 32.2. The average Bonchev–Trinajstić information content (AvgIpc) is 2.48. The first-order valence-corrected chi connectivity index (χ1v) is 9.31. The predicted molar refractivity (Wildman–Crippen MR) is 94.2 cm³/mol. The molecule has 1 unspecified atom stereocenters. The highest BCUT2D eigenvalue weighted by Gasteiger charge is 2.23. The molecule has 0 aliphatic heterocycles. The third-order valence-electron chi connectivity index (χ3n) is 4.05. The fourth-order valence-corrected chi connectivity index (χ4v) is 3.49. The van der Waals surface area contributed by atoms with Crippen LogP contribution in [0.2, 0.25) is 0 Å². The monoisotopic (exact) mass is 348 g/mol. The number of nitro groups is 1. The zero-order chi connectivity index (χ0) is 18.1. The lowest BCUT2D eigenvalue weighted by Crippen LogP contribution is -2.10. The van der Waals surface area contributed by atoms with Crippen molar-refractivity contribution in [3.8, 4) is 0 Å². The van der Waals surface area contributed by atoms with Crippen LogP contribution in [0, 0.1) is 24.0 Å². The number of rotatable bonds is 5. The van der Waals surface area contributed by atoms with E-state index >= 15 is 0 Å². The molecule has 0 heterocycles. The SMILES string of the molecule is Cc1cccc(C(C)Nc2ccc([N+](=O)[O-])c(S(C)(=O)=O)c2)c1C. The molecule has 0 aromatic heterocycles. The zero-order valence-corrected chi connectivity index (χ0v) is 14.8. The largest absolute Gasteiger partial charge is 0.378 e. The minimum absolute atomic E-state index is 0.0706. The number of aryl methyl sites for hydroxylation is 1. The van der Waals surface area contributed by atoms with Crippen LogP contribution in [0.1, 0.15) is 29.7 Å². The van der Waals surface area contributed by atoms with Crippen LogP contribution in [0.4, 0.5) is 11.4 Å². The number of hydrogen-bond donors (Lipinski definition) is 1. The normalized spacial score (nSPS) is 12.7. The highest BCUT2D eigenvalue weighted by molar-refractivity contribution is 7.90. The Morgan fingerprint density at radius 2 is 1.83 bits per heavy atom.